The van der Waals surface area contributed by atoms with E-state index in [2.05, 4.69) is 10.4 Å². The van der Waals surface area contributed by atoms with Gasteiger partial charge in [-0.2, -0.15) is 5.10 Å². The van der Waals surface area contributed by atoms with Gasteiger partial charge in [0.05, 0.1) is 12.4 Å². The van der Waals surface area contributed by atoms with E-state index in [9.17, 15) is 0 Å². The van der Waals surface area contributed by atoms with E-state index in [-0.39, 0.29) is 0 Å². The van der Waals surface area contributed by atoms with Gasteiger partial charge >= 0.3 is 0 Å². The number of ether oxygens (including phenoxy) is 1. The maximum Gasteiger partial charge on any atom is 0.165 e. The third-order valence-electron chi connectivity index (χ3n) is 3.10. The second-order valence-electron chi connectivity index (χ2n) is 4.86. The number of hydrogen-bond donors (Lipinski definition) is 1. The number of halogens is 1. The first kappa shape index (κ1) is 12.5. The van der Waals surface area contributed by atoms with Crippen LogP contribution in [-0.4, -0.2) is 15.8 Å². The number of aryl methyl sites for hydroxylation is 1. The lowest BCUT2D eigenvalue weighted by molar-refractivity contribution is 0.472. The van der Waals surface area contributed by atoms with Crippen molar-refractivity contribution >= 4 is 11.6 Å². The third kappa shape index (κ3) is 3.28. The van der Waals surface area contributed by atoms with Gasteiger partial charge in [0.2, 0.25) is 0 Å². The van der Waals surface area contributed by atoms with E-state index in [1.807, 2.05) is 31.4 Å². The minimum Gasteiger partial charge on any atom is -0.454 e. The van der Waals surface area contributed by atoms with Crippen molar-refractivity contribution in [3.63, 3.8) is 0 Å². The van der Waals surface area contributed by atoms with Crippen LogP contribution in [-0.2, 0) is 13.6 Å². The molecular weight excluding hydrogens is 262 g/mol. The summed E-state index contributed by atoms with van der Waals surface area (Å²) >= 11 is 6.04. The van der Waals surface area contributed by atoms with Crippen LogP contribution < -0.4 is 10.1 Å². The van der Waals surface area contributed by atoms with Gasteiger partial charge in [-0.1, -0.05) is 17.7 Å². The summed E-state index contributed by atoms with van der Waals surface area (Å²) in [6.07, 6.45) is 6.07. The molecular formula is C14H16ClN3O. The highest BCUT2D eigenvalue weighted by atomic mass is 35.5. The normalized spacial score (nSPS) is 14.6. The molecule has 1 aliphatic rings. The summed E-state index contributed by atoms with van der Waals surface area (Å²) in [6.45, 7) is 0.803. The fraction of sp³-hybridized carbons (Fsp3) is 0.357. The van der Waals surface area contributed by atoms with Crippen LogP contribution in [0.3, 0.4) is 0 Å². The predicted octanol–water partition coefficient (Wildman–Crippen LogP) is 3.12. The zero-order valence-corrected chi connectivity index (χ0v) is 11.5. The van der Waals surface area contributed by atoms with E-state index in [1.165, 1.54) is 12.8 Å². The van der Waals surface area contributed by atoms with Gasteiger partial charge in [0.1, 0.15) is 5.75 Å². The summed E-state index contributed by atoms with van der Waals surface area (Å²) in [5.74, 6) is 1.51. The molecule has 0 unspecified atom stereocenters. The minimum absolute atomic E-state index is 0.668. The van der Waals surface area contributed by atoms with E-state index in [1.54, 1.807) is 10.9 Å². The number of nitrogens with one attached hydrogen (secondary N) is 1. The van der Waals surface area contributed by atoms with Gasteiger partial charge in [0, 0.05) is 30.2 Å². The third-order valence-corrected chi connectivity index (χ3v) is 3.33. The van der Waals surface area contributed by atoms with Crippen molar-refractivity contribution in [3.05, 3.63) is 41.2 Å². The quantitative estimate of drug-likeness (QED) is 0.913. The van der Waals surface area contributed by atoms with Crippen molar-refractivity contribution in [2.45, 2.75) is 25.4 Å². The molecule has 0 aliphatic heterocycles. The van der Waals surface area contributed by atoms with Gasteiger partial charge in [-0.15, -0.1) is 0 Å². The Balaban J connectivity index is 1.78. The van der Waals surface area contributed by atoms with Gasteiger partial charge in [-0.3, -0.25) is 4.68 Å². The molecule has 100 valence electrons. The summed E-state index contributed by atoms with van der Waals surface area (Å²) < 4.78 is 7.57. The molecule has 1 N–H and O–H groups in total. The average Bonchev–Trinajstić information content (AvgIpc) is 3.12. The first-order valence-electron chi connectivity index (χ1n) is 6.39. The largest absolute Gasteiger partial charge is 0.454 e. The number of aromatic nitrogens is 2. The highest BCUT2D eigenvalue weighted by Crippen LogP contribution is 2.29. The molecule has 3 rings (SSSR count). The number of hydrogen-bond acceptors (Lipinski definition) is 3. The van der Waals surface area contributed by atoms with E-state index < -0.39 is 0 Å². The molecule has 1 heterocycles. The summed E-state index contributed by atoms with van der Waals surface area (Å²) in [5.41, 5.74) is 1.11. The van der Waals surface area contributed by atoms with Crippen LogP contribution in [0.15, 0.2) is 30.6 Å². The van der Waals surface area contributed by atoms with Crippen molar-refractivity contribution in [3.8, 4) is 11.5 Å². The SMILES string of the molecule is Cn1cc(Oc2cc(Cl)ccc2CNC2CC2)cn1. The van der Waals surface area contributed by atoms with Crippen molar-refractivity contribution in [2.24, 2.45) is 7.05 Å². The predicted molar refractivity (Wildman–Crippen MR) is 74.6 cm³/mol. The molecule has 1 fully saturated rings. The zero-order chi connectivity index (χ0) is 13.2. The number of nitrogens with zero attached hydrogens (tertiary/aromatic N) is 2. The molecule has 0 atom stereocenters. The van der Waals surface area contributed by atoms with Gasteiger partial charge in [0.15, 0.2) is 5.75 Å². The molecule has 19 heavy (non-hydrogen) atoms. The molecule has 5 heteroatoms. The number of rotatable bonds is 5. The van der Waals surface area contributed by atoms with Crippen LogP contribution in [0.5, 0.6) is 11.5 Å². The second-order valence-corrected chi connectivity index (χ2v) is 5.30. The molecule has 0 radical (unpaired) electrons. The summed E-state index contributed by atoms with van der Waals surface area (Å²) in [6, 6.07) is 6.41. The fourth-order valence-electron chi connectivity index (χ4n) is 1.89. The molecule has 0 saturated heterocycles. The maximum atomic E-state index is 6.04. The Hall–Kier alpha value is -1.52. The van der Waals surface area contributed by atoms with Gasteiger partial charge in [-0.25, -0.2) is 0 Å². The molecule has 0 amide bonds. The Labute approximate surface area is 117 Å². The molecule has 1 aromatic carbocycles. The van der Waals surface area contributed by atoms with Crippen LogP contribution in [0.2, 0.25) is 5.02 Å². The standard InChI is InChI=1S/C14H16ClN3O/c1-18-9-13(8-17-18)19-14-6-11(15)3-2-10(14)7-16-12-4-5-12/h2-3,6,8-9,12,16H,4-5,7H2,1H3. The van der Waals surface area contributed by atoms with Crippen molar-refractivity contribution in [2.75, 3.05) is 0 Å². The van der Waals surface area contributed by atoms with Gasteiger partial charge < -0.3 is 10.1 Å². The lowest BCUT2D eigenvalue weighted by Crippen LogP contribution is -2.15. The van der Waals surface area contributed by atoms with E-state index in [0.717, 1.165) is 23.6 Å². The Kier molecular flexibility index (Phi) is 3.44. The highest BCUT2D eigenvalue weighted by molar-refractivity contribution is 6.30. The molecule has 1 aromatic heterocycles. The molecule has 0 bridgehead atoms. The van der Waals surface area contributed by atoms with Crippen LogP contribution in [0.1, 0.15) is 18.4 Å². The van der Waals surface area contributed by atoms with E-state index >= 15 is 0 Å². The van der Waals surface area contributed by atoms with Gasteiger partial charge in [-0.05, 0) is 25.0 Å². The monoisotopic (exact) mass is 277 g/mol. The van der Waals surface area contributed by atoms with Crippen LogP contribution >= 0.6 is 11.6 Å². The molecule has 1 aliphatic carbocycles. The van der Waals surface area contributed by atoms with Gasteiger partial charge in [0.25, 0.3) is 0 Å². The average molecular weight is 278 g/mol. The first-order valence-corrected chi connectivity index (χ1v) is 6.77. The van der Waals surface area contributed by atoms with Crippen LogP contribution in [0.25, 0.3) is 0 Å². The molecule has 0 spiro atoms. The van der Waals surface area contributed by atoms with Crippen LogP contribution in [0, 0.1) is 0 Å². The Morgan fingerprint density at radius 2 is 2.32 bits per heavy atom. The van der Waals surface area contributed by atoms with E-state index in [0.29, 0.717) is 11.1 Å². The Bertz CT molecular complexity index is 578. The summed E-state index contributed by atoms with van der Waals surface area (Å²) in [4.78, 5) is 0. The van der Waals surface area contributed by atoms with Crippen molar-refractivity contribution in [1.82, 2.24) is 15.1 Å². The molecule has 2 aromatic rings. The summed E-state index contributed by atoms with van der Waals surface area (Å²) in [7, 11) is 1.86. The van der Waals surface area contributed by atoms with E-state index in [4.69, 9.17) is 16.3 Å². The first-order chi connectivity index (χ1) is 9.20. The Morgan fingerprint density at radius 1 is 1.47 bits per heavy atom. The maximum absolute atomic E-state index is 6.04. The zero-order valence-electron chi connectivity index (χ0n) is 10.8. The lowest BCUT2D eigenvalue weighted by Gasteiger charge is -2.11. The molecule has 4 nitrogen and oxygen atoms in total. The topological polar surface area (TPSA) is 39.1 Å². The summed E-state index contributed by atoms with van der Waals surface area (Å²) in [5, 5.41) is 8.25. The highest BCUT2D eigenvalue weighted by Gasteiger charge is 2.20. The Morgan fingerprint density at radius 3 is 3.00 bits per heavy atom. The smallest absolute Gasteiger partial charge is 0.165 e. The van der Waals surface area contributed by atoms with Crippen molar-refractivity contribution in [1.29, 1.82) is 0 Å². The fourth-order valence-corrected chi connectivity index (χ4v) is 2.05. The second kappa shape index (κ2) is 5.23. The number of benzene rings is 1. The lowest BCUT2D eigenvalue weighted by atomic mass is 10.2. The van der Waals surface area contributed by atoms with Crippen molar-refractivity contribution < 1.29 is 4.74 Å². The van der Waals surface area contributed by atoms with Crippen LogP contribution in [0.4, 0.5) is 0 Å². The minimum atomic E-state index is 0.668. The molecule has 1 saturated carbocycles.